The maximum Gasteiger partial charge on any atom is 0.411 e. The minimum absolute atomic E-state index is 0.318. The lowest BCUT2D eigenvalue weighted by Gasteiger charge is -2.38. The zero-order valence-electron chi connectivity index (χ0n) is 14.0. The quantitative estimate of drug-likeness (QED) is 0.694. The molecule has 3 heteroatoms. The molecule has 1 aliphatic rings. The second kappa shape index (κ2) is 6.10. The molecule has 0 saturated carbocycles. The fourth-order valence-corrected chi connectivity index (χ4v) is 3.76. The van der Waals surface area contributed by atoms with E-state index in [2.05, 4.69) is 24.3 Å². The molecule has 1 aliphatic heterocycles. The highest BCUT2D eigenvalue weighted by Crippen LogP contribution is 2.51. The van der Waals surface area contributed by atoms with E-state index in [0.717, 1.165) is 16.7 Å². The highest BCUT2D eigenvalue weighted by Gasteiger charge is 2.56. The normalized spacial score (nSPS) is 18.8. The van der Waals surface area contributed by atoms with Gasteiger partial charge in [0.2, 0.25) is 0 Å². The van der Waals surface area contributed by atoms with Crippen LogP contribution < -0.4 is 0 Å². The van der Waals surface area contributed by atoms with Gasteiger partial charge in [0, 0.05) is 7.05 Å². The summed E-state index contributed by atoms with van der Waals surface area (Å²) in [4.78, 5) is 14.3. The average Bonchev–Trinajstić information content (AvgIpc) is 2.96. The number of likely N-dealkylation sites (N-methyl/N-ethyl adjacent to an activating group) is 1. The molecule has 124 valence electrons. The lowest BCUT2D eigenvalue weighted by molar-refractivity contribution is 0.117. The summed E-state index contributed by atoms with van der Waals surface area (Å²) in [6.45, 7) is 0. The van der Waals surface area contributed by atoms with Crippen molar-refractivity contribution in [1.29, 1.82) is 0 Å². The highest BCUT2D eigenvalue weighted by atomic mass is 16.6. The standard InChI is InChI=1S/C22H19NO2/c1-23-21(24)25-20(17-11-5-2-6-12-17)22(23,18-13-7-3-8-14-18)19-15-9-4-10-16-19/h2-16,20H,1H3. The molecule has 3 nitrogen and oxygen atoms in total. The van der Waals surface area contributed by atoms with Gasteiger partial charge in [-0.25, -0.2) is 4.79 Å². The first-order chi connectivity index (χ1) is 12.2. The van der Waals surface area contributed by atoms with Crippen LogP contribution in [0.3, 0.4) is 0 Å². The van der Waals surface area contributed by atoms with Gasteiger partial charge in [0.05, 0.1) is 0 Å². The minimum Gasteiger partial charge on any atom is -0.438 e. The monoisotopic (exact) mass is 329 g/mol. The van der Waals surface area contributed by atoms with Gasteiger partial charge in [-0.3, -0.25) is 4.90 Å². The third-order valence-electron chi connectivity index (χ3n) is 4.93. The van der Waals surface area contributed by atoms with Gasteiger partial charge in [0.25, 0.3) is 0 Å². The first kappa shape index (κ1) is 15.5. The first-order valence-electron chi connectivity index (χ1n) is 8.35. The smallest absolute Gasteiger partial charge is 0.411 e. The molecule has 1 fully saturated rings. The number of cyclic esters (lactones) is 1. The second-order valence-electron chi connectivity index (χ2n) is 6.23. The third kappa shape index (κ3) is 2.31. The van der Waals surface area contributed by atoms with E-state index < -0.39 is 11.6 Å². The van der Waals surface area contributed by atoms with Crippen LogP contribution in [0.15, 0.2) is 91.0 Å². The second-order valence-corrected chi connectivity index (χ2v) is 6.23. The molecule has 1 saturated heterocycles. The van der Waals surface area contributed by atoms with Crippen molar-refractivity contribution >= 4 is 6.09 Å². The Labute approximate surface area is 147 Å². The highest BCUT2D eigenvalue weighted by molar-refractivity contribution is 5.74. The van der Waals surface area contributed by atoms with Crippen molar-refractivity contribution in [2.24, 2.45) is 0 Å². The van der Waals surface area contributed by atoms with Gasteiger partial charge < -0.3 is 4.74 Å². The van der Waals surface area contributed by atoms with Gasteiger partial charge in [0.15, 0.2) is 6.10 Å². The van der Waals surface area contributed by atoms with Gasteiger partial charge in [-0.05, 0) is 16.7 Å². The van der Waals surface area contributed by atoms with Gasteiger partial charge in [-0.2, -0.15) is 0 Å². The predicted octanol–water partition coefficient (Wildman–Crippen LogP) is 4.75. The number of nitrogens with zero attached hydrogens (tertiary/aromatic N) is 1. The molecule has 0 aliphatic carbocycles. The van der Waals surface area contributed by atoms with Crippen LogP contribution in [0.4, 0.5) is 4.79 Å². The molecule has 0 spiro atoms. The Bertz CT molecular complexity index is 823. The van der Waals surface area contributed by atoms with E-state index in [4.69, 9.17) is 4.74 Å². The van der Waals surface area contributed by atoms with Crippen LogP contribution in [-0.4, -0.2) is 18.0 Å². The predicted molar refractivity (Wildman–Crippen MR) is 97.1 cm³/mol. The largest absolute Gasteiger partial charge is 0.438 e. The summed E-state index contributed by atoms with van der Waals surface area (Å²) in [7, 11) is 1.81. The number of hydrogen-bond acceptors (Lipinski definition) is 2. The molecule has 4 rings (SSSR count). The van der Waals surface area contributed by atoms with Gasteiger partial charge in [-0.15, -0.1) is 0 Å². The molecule has 1 unspecified atom stereocenters. The Morgan fingerprint density at radius 1 is 0.760 bits per heavy atom. The Balaban J connectivity index is 2.02. The lowest BCUT2D eigenvalue weighted by atomic mass is 9.75. The maximum absolute atomic E-state index is 12.6. The number of carbonyl (C=O) groups excluding carboxylic acids is 1. The van der Waals surface area contributed by atoms with Crippen LogP contribution in [0.5, 0.6) is 0 Å². The Morgan fingerprint density at radius 3 is 1.68 bits per heavy atom. The fourth-order valence-electron chi connectivity index (χ4n) is 3.76. The van der Waals surface area contributed by atoms with Gasteiger partial charge in [-0.1, -0.05) is 91.0 Å². The number of ether oxygens (including phenoxy) is 1. The number of amides is 1. The molecule has 1 heterocycles. The minimum atomic E-state index is -0.707. The van der Waals surface area contributed by atoms with Crippen molar-refractivity contribution in [3.63, 3.8) is 0 Å². The van der Waals surface area contributed by atoms with Crippen molar-refractivity contribution in [3.8, 4) is 0 Å². The zero-order chi connectivity index (χ0) is 17.3. The zero-order valence-corrected chi connectivity index (χ0v) is 14.0. The molecule has 0 N–H and O–H groups in total. The summed E-state index contributed by atoms with van der Waals surface area (Å²) in [5, 5.41) is 0. The Hall–Kier alpha value is -3.07. The van der Waals surface area contributed by atoms with Crippen molar-refractivity contribution in [3.05, 3.63) is 108 Å². The number of carbonyl (C=O) groups is 1. The molecule has 0 radical (unpaired) electrons. The summed E-state index contributed by atoms with van der Waals surface area (Å²) in [6, 6.07) is 30.1. The number of hydrogen-bond donors (Lipinski definition) is 0. The van der Waals surface area contributed by atoms with Crippen LogP contribution in [0.2, 0.25) is 0 Å². The van der Waals surface area contributed by atoms with E-state index in [0.29, 0.717) is 0 Å². The summed E-state index contributed by atoms with van der Waals surface area (Å²) in [5.41, 5.74) is 2.33. The molecule has 1 amide bonds. The van der Waals surface area contributed by atoms with Crippen LogP contribution in [0, 0.1) is 0 Å². The summed E-state index contributed by atoms with van der Waals surface area (Å²) >= 11 is 0. The maximum atomic E-state index is 12.6. The van der Waals surface area contributed by atoms with Crippen LogP contribution in [0.1, 0.15) is 22.8 Å². The molecule has 0 aromatic heterocycles. The number of benzene rings is 3. The molecule has 1 atom stereocenters. The number of rotatable bonds is 3. The summed E-state index contributed by atoms with van der Waals surface area (Å²) < 4.78 is 5.87. The molecule has 3 aromatic carbocycles. The van der Waals surface area contributed by atoms with Crippen molar-refractivity contribution < 1.29 is 9.53 Å². The molecule has 0 bridgehead atoms. The molecular weight excluding hydrogens is 310 g/mol. The first-order valence-corrected chi connectivity index (χ1v) is 8.35. The third-order valence-corrected chi connectivity index (χ3v) is 4.93. The Morgan fingerprint density at radius 2 is 1.20 bits per heavy atom. The van der Waals surface area contributed by atoms with Crippen molar-refractivity contribution in [1.82, 2.24) is 4.90 Å². The topological polar surface area (TPSA) is 29.5 Å². The van der Waals surface area contributed by atoms with E-state index >= 15 is 0 Å². The van der Waals surface area contributed by atoms with E-state index in [9.17, 15) is 4.79 Å². The average molecular weight is 329 g/mol. The Kier molecular flexibility index (Phi) is 3.77. The van der Waals surface area contributed by atoms with Gasteiger partial charge >= 0.3 is 6.09 Å². The van der Waals surface area contributed by atoms with Crippen LogP contribution in [-0.2, 0) is 10.3 Å². The van der Waals surface area contributed by atoms with Crippen molar-refractivity contribution in [2.75, 3.05) is 7.05 Å². The van der Waals surface area contributed by atoms with E-state index in [-0.39, 0.29) is 6.09 Å². The fraction of sp³-hybridized carbons (Fsp3) is 0.136. The van der Waals surface area contributed by atoms with Gasteiger partial charge in [0.1, 0.15) is 5.54 Å². The van der Waals surface area contributed by atoms with Crippen molar-refractivity contribution in [2.45, 2.75) is 11.6 Å². The van der Waals surface area contributed by atoms with E-state index in [1.807, 2.05) is 73.8 Å². The van der Waals surface area contributed by atoms with Crippen LogP contribution in [0.25, 0.3) is 0 Å². The van der Waals surface area contributed by atoms with Crippen LogP contribution >= 0.6 is 0 Å². The molecule has 25 heavy (non-hydrogen) atoms. The summed E-state index contributed by atoms with van der Waals surface area (Å²) in [6.07, 6.45) is -0.738. The van der Waals surface area contributed by atoms with E-state index in [1.54, 1.807) is 4.90 Å². The lowest BCUT2D eigenvalue weighted by Crippen LogP contribution is -2.44. The SMILES string of the molecule is CN1C(=O)OC(c2ccccc2)C1(c1ccccc1)c1ccccc1. The molecule has 3 aromatic rings. The molecular formula is C22H19NO2. The van der Waals surface area contributed by atoms with E-state index in [1.165, 1.54) is 0 Å². The summed E-state index contributed by atoms with van der Waals surface area (Å²) in [5.74, 6) is 0.